The highest BCUT2D eigenvalue weighted by molar-refractivity contribution is 9.09. The van der Waals surface area contributed by atoms with Gasteiger partial charge >= 0.3 is 0 Å². The molecule has 3 aliphatic rings. The number of hydrogen-bond acceptors (Lipinski definition) is 6. The number of amides is 3. The van der Waals surface area contributed by atoms with Crippen molar-refractivity contribution in [2.45, 2.75) is 87.8 Å². The van der Waals surface area contributed by atoms with Crippen molar-refractivity contribution in [2.24, 2.45) is 11.8 Å². The number of halogens is 1. The number of alkyl halides is 1. The number of hydrogen-bond donors (Lipinski definition) is 3. The molecule has 0 aromatic heterocycles. The number of rotatable bonds is 15. The number of aliphatic hydroxyl groups is 1. The second kappa shape index (κ2) is 13.5. The Morgan fingerprint density at radius 2 is 1.85 bits per heavy atom. The minimum absolute atomic E-state index is 0.141. The van der Waals surface area contributed by atoms with E-state index in [1.807, 2.05) is 6.92 Å². The number of nitrogens with one attached hydrogen (secondary N) is 2. The molecule has 10 heteroatoms. The molecule has 1 aromatic rings. The number of carbonyl (C=O) groups is 3. The molecule has 3 fully saturated rings. The predicted molar refractivity (Wildman–Crippen MR) is 152 cm³/mol. The molecule has 3 saturated heterocycles. The maximum Gasteiger partial charge on any atom is 0.245 e. The summed E-state index contributed by atoms with van der Waals surface area (Å²) in [7, 11) is 0. The van der Waals surface area contributed by atoms with Gasteiger partial charge in [-0.1, -0.05) is 48.5 Å². The summed E-state index contributed by atoms with van der Waals surface area (Å²) in [5.74, 6) is -1.38. The molecule has 3 heterocycles. The van der Waals surface area contributed by atoms with Gasteiger partial charge < -0.3 is 30.1 Å². The summed E-state index contributed by atoms with van der Waals surface area (Å²) in [6.45, 7) is 5.68. The highest BCUT2D eigenvalue weighted by Gasteiger charge is 2.76. The maximum absolute atomic E-state index is 14.0. The van der Waals surface area contributed by atoms with Crippen LogP contribution in [0.25, 0.3) is 0 Å². The number of unbranched alkanes of at least 4 members (excludes halogenated alkanes) is 5. The lowest BCUT2D eigenvalue weighted by atomic mass is 9.70. The summed E-state index contributed by atoms with van der Waals surface area (Å²) in [5.41, 5.74) is -0.431. The van der Waals surface area contributed by atoms with Gasteiger partial charge in [-0.2, -0.15) is 0 Å². The Morgan fingerprint density at radius 3 is 2.54 bits per heavy atom. The van der Waals surface area contributed by atoms with Crippen LogP contribution < -0.4 is 15.4 Å². The molecule has 1 aromatic carbocycles. The van der Waals surface area contributed by atoms with Crippen molar-refractivity contribution in [3.05, 3.63) is 24.3 Å². The highest BCUT2D eigenvalue weighted by Crippen LogP contribution is 2.60. The Morgan fingerprint density at radius 1 is 1.10 bits per heavy atom. The SMILES string of the molecule is CCCCCNC(=O)C1N(CCCCCCO)C(=O)[C@@H]2[C@@H](C(=O)Nc3ccc(OCC)cc3)[C@@H]3OC12CC3Br. The number of likely N-dealkylation sites (tertiary alicyclic amines) is 1. The molecular formula is C29H42BrN3O6. The van der Waals surface area contributed by atoms with Crippen molar-refractivity contribution >= 4 is 39.3 Å². The van der Waals surface area contributed by atoms with Crippen molar-refractivity contribution in [1.82, 2.24) is 10.2 Å². The third-order valence-electron chi connectivity index (χ3n) is 8.16. The molecule has 216 valence electrons. The fourth-order valence-electron chi connectivity index (χ4n) is 6.43. The van der Waals surface area contributed by atoms with E-state index in [0.717, 1.165) is 38.5 Å². The molecule has 39 heavy (non-hydrogen) atoms. The standard InChI is InChI=1S/C29H42BrN3O6/c1-3-5-8-15-31-27(36)25-29-18-21(30)24(39-29)22(23(29)28(37)33(25)16-9-6-7-10-17-34)26(35)32-19-11-13-20(14-12-19)38-4-2/h11-14,21-25,34H,3-10,15-18H2,1-2H3,(H,31,36)(H,32,35)/t21?,22-,23+,24-,25?,29?/m1/s1. The van der Waals surface area contributed by atoms with Crippen LogP contribution in [0.1, 0.15) is 65.2 Å². The topological polar surface area (TPSA) is 117 Å². The van der Waals surface area contributed by atoms with E-state index in [9.17, 15) is 14.4 Å². The minimum Gasteiger partial charge on any atom is -0.494 e. The van der Waals surface area contributed by atoms with Gasteiger partial charge in [0.15, 0.2) is 0 Å². The lowest BCUT2D eigenvalue weighted by molar-refractivity contribution is -0.141. The van der Waals surface area contributed by atoms with Gasteiger partial charge in [0.2, 0.25) is 17.7 Å². The van der Waals surface area contributed by atoms with Crippen LogP contribution in [0.5, 0.6) is 5.75 Å². The van der Waals surface area contributed by atoms with E-state index in [4.69, 9.17) is 14.6 Å². The summed E-state index contributed by atoms with van der Waals surface area (Å²) in [5, 5.41) is 15.1. The Kier molecular flexibility index (Phi) is 10.3. The van der Waals surface area contributed by atoms with E-state index < -0.39 is 29.6 Å². The third kappa shape index (κ3) is 6.12. The number of aliphatic hydroxyl groups excluding tert-OH is 1. The van der Waals surface area contributed by atoms with Crippen molar-refractivity contribution in [3.8, 4) is 5.75 Å². The van der Waals surface area contributed by atoms with Crippen molar-refractivity contribution in [3.63, 3.8) is 0 Å². The summed E-state index contributed by atoms with van der Waals surface area (Å²) >= 11 is 3.71. The van der Waals surface area contributed by atoms with E-state index in [2.05, 4.69) is 33.5 Å². The number of benzene rings is 1. The van der Waals surface area contributed by atoms with E-state index in [-0.39, 0.29) is 29.2 Å². The smallest absolute Gasteiger partial charge is 0.245 e. The number of anilines is 1. The molecule has 3 amide bonds. The fraction of sp³-hybridized carbons (Fsp3) is 0.690. The van der Waals surface area contributed by atoms with E-state index >= 15 is 0 Å². The van der Waals surface area contributed by atoms with Gasteiger partial charge in [0.05, 0.1) is 24.5 Å². The second-order valence-corrected chi connectivity index (χ2v) is 12.0. The Labute approximate surface area is 239 Å². The molecular weight excluding hydrogens is 566 g/mol. The monoisotopic (exact) mass is 607 g/mol. The molecule has 3 unspecified atom stereocenters. The Hall–Kier alpha value is -2.17. The fourth-order valence-corrected chi connectivity index (χ4v) is 7.37. The van der Waals surface area contributed by atoms with Crippen LogP contribution in [0.15, 0.2) is 24.3 Å². The van der Waals surface area contributed by atoms with Gasteiger partial charge in [-0.3, -0.25) is 14.4 Å². The van der Waals surface area contributed by atoms with Crippen LogP contribution in [-0.4, -0.2) is 76.6 Å². The highest BCUT2D eigenvalue weighted by atomic mass is 79.9. The van der Waals surface area contributed by atoms with Crippen LogP contribution in [0.4, 0.5) is 5.69 Å². The van der Waals surface area contributed by atoms with Gasteiger partial charge in [0, 0.05) is 30.2 Å². The molecule has 4 rings (SSSR count). The van der Waals surface area contributed by atoms with E-state index in [0.29, 0.717) is 44.0 Å². The van der Waals surface area contributed by atoms with Crippen LogP contribution in [0, 0.1) is 11.8 Å². The first kappa shape index (κ1) is 29.8. The van der Waals surface area contributed by atoms with Crippen molar-refractivity contribution in [2.75, 3.05) is 31.6 Å². The Bertz CT molecular complexity index is 1010. The van der Waals surface area contributed by atoms with Crippen LogP contribution in [-0.2, 0) is 19.1 Å². The van der Waals surface area contributed by atoms with Gasteiger partial charge in [0.1, 0.15) is 17.4 Å². The second-order valence-electron chi connectivity index (χ2n) is 10.8. The lowest BCUT2D eigenvalue weighted by Gasteiger charge is -2.34. The van der Waals surface area contributed by atoms with E-state index in [1.54, 1.807) is 29.2 Å². The number of carbonyl (C=O) groups excluding carboxylic acids is 3. The molecule has 3 N–H and O–H groups in total. The maximum atomic E-state index is 14.0. The Balaban J connectivity index is 1.56. The molecule has 1 spiro atoms. The number of ether oxygens (including phenoxy) is 2. The molecule has 9 nitrogen and oxygen atoms in total. The van der Waals surface area contributed by atoms with Crippen LogP contribution in [0.2, 0.25) is 0 Å². The van der Waals surface area contributed by atoms with Gasteiger partial charge in [-0.05, 0) is 56.9 Å². The molecule has 0 aliphatic carbocycles. The van der Waals surface area contributed by atoms with Gasteiger partial charge in [-0.15, -0.1) is 0 Å². The average molecular weight is 609 g/mol. The largest absolute Gasteiger partial charge is 0.494 e. The van der Waals surface area contributed by atoms with Crippen LogP contribution in [0.3, 0.4) is 0 Å². The van der Waals surface area contributed by atoms with Crippen molar-refractivity contribution < 1.29 is 29.0 Å². The summed E-state index contributed by atoms with van der Waals surface area (Å²) in [6, 6.07) is 6.37. The quantitative estimate of drug-likeness (QED) is 0.207. The molecule has 6 atom stereocenters. The molecule has 2 bridgehead atoms. The lowest BCUT2D eigenvalue weighted by Crippen LogP contribution is -2.56. The summed E-state index contributed by atoms with van der Waals surface area (Å²) in [4.78, 5) is 42.8. The number of nitrogens with zero attached hydrogens (tertiary/aromatic N) is 1. The zero-order valence-corrected chi connectivity index (χ0v) is 24.6. The van der Waals surface area contributed by atoms with Gasteiger partial charge in [-0.25, -0.2) is 0 Å². The van der Waals surface area contributed by atoms with Crippen LogP contribution >= 0.6 is 15.9 Å². The zero-order chi connectivity index (χ0) is 28.0. The first-order valence-electron chi connectivity index (χ1n) is 14.4. The summed E-state index contributed by atoms with van der Waals surface area (Å²) in [6.07, 6.45) is 6.07. The molecule has 0 saturated carbocycles. The molecule has 0 radical (unpaired) electrons. The predicted octanol–water partition coefficient (Wildman–Crippen LogP) is 3.63. The van der Waals surface area contributed by atoms with E-state index in [1.165, 1.54) is 0 Å². The van der Waals surface area contributed by atoms with Gasteiger partial charge in [0.25, 0.3) is 0 Å². The summed E-state index contributed by atoms with van der Waals surface area (Å²) < 4.78 is 12.0. The van der Waals surface area contributed by atoms with Crippen molar-refractivity contribution in [1.29, 1.82) is 0 Å². The zero-order valence-electron chi connectivity index (χ0n) is 23.0. The number of fused-ring (bicyclic) bond motifs is 1. The molecule has 3 aliphatic heterocycles. The minimum atomic E-state index is -1.04. The normalized spacial score (nSPS) is 29.0. The average Bonchev–Trinajstić information content (AvgIpc) is 3.51. The third-order valence-corrected chi connectivity index (χ3v) is 9.00. The first-order valence-corrected chi connectivity index (χ1v) is 15.3. The first-order chi connectivity index (χ1) is 18.9.